The zero-order chi connectivity index (χ0) is 24.9. The Morgan fingerprint density at radius 1 is 0.944 bits per heavy atom. The topological polar surface area (TPSA) is 82.7 Å². The normalized spacial score (nSPS) is 12.8. The second-order valence-corrected chi connectivity index (χ2v) is 9.71. The average molecular weight is 507 g/mol. The molecule has 2 heterocycles. The molecule has 0 radical (unpaired) electrons. The molecule has 7 nitrogen and oxygen atoms in total. The summed E-state index contributed by atoms with van der Waals surface area (Å²) in [6.45, 7) is 3.45. The number of aryl methyl sites for hydroxylation is 2. The molecule has 0 fully saturated rings. The van der Waals surface area contributed by atoms with Crippen molar-refractivity contribution in [2.75, 3.05) is 26.9 Å². The molecular formula is C28H30N2O5S. The number of thiophene rings is 1. The van der Waals surface area contributed by atoms with Gasteiger partial charge < -0.3 is 23.9 Å². The van der Waals surface area contributed by atoms with Gasteiger partial charge in [-0.05, 0) is 80.6 Å². The van der Waals surface area contributed by atoms with Gasteiger partial charge in [0.05, 0.1) is 32.3 Å². The standard InChI is InChI=1S/C28H30N2O5S/c1-3-33-23-17-18(26-29-27(31)25-21-7-4-5-8-24(21)36-28(25)30-26)9-14-22(23)35-16-6-15-34-20-12-10-19(32-2)11-13-20/h9-14,17H,3-8,15-16H2,1-2H3,(H,29,30,31). The molecule has 2 aromatic carbocycles. The number of ether oxygens (including phenoxy) is 4. The number of aromatic nitrogens is 2. The second-order valence-electron chi connectivity index (χ2n) is 8.63. The molecule has 188 valence electrons. The molecular weight excluding hydrogens is 476 g/mol. The van der Waals surface area contributed by atoms with Crippen LogP contribution in [0, 0.1) is 0 Å². The predicted molar refractivity (Wildman–Crippen MR) is 142 cm³/mol. The van der Waals surface area contributed by atoms with E-state index >= 15 is 0 Å². The number of H-pyrrole nitrogens is 1. The Labute approximate surface area is 214 Å². The number of methoxy groups -OCH3 is 1. The summed E-state index contributed by atoms with van der Waals surface area (Å²) in [5, 5.41) is 0.764. The Kier molecular flexibility index (Phi) is 7.41. The first kappa shape index (κ1) is 24.2. The summed E-state index contributed by atoms with van der Waals surface area (Å²) in [5.74, 6) is 3.41. The molecule has 36 heavy (non-hydrogen) atoms. The van der Waals surface area contributed by atoms with Gasteiger partial charge in [0.1, 0.15) is 22.2 Å². The molecule has 5 rings (SSSR count). The van der Waals surface area contributed by atoms with E-state index in [-0.39, 0.29) is 5.56 Å². The fourth-order valence-corrected chi connectivity index (χ4v) is 5.71. The van der Waals surface area contributed by atoms with Gasteiger partial charge in [-0.15, -0.1) is 11.3 Å². The van der Waals surface area contributed by atoms with Crippen LogP contribution in [-0.2, 0) is 12.8 Å². The minimum absolute atomic E-state index is 0.0652. The van der Waals surface area contributed by atoms with Gasteiger partial charge in [0, 0.05) is 16.9 Å². The van der Waals surface area contributed by atoms with Crippen LogP contribution in [0.1, 0.15) is 36.6 Å². The zero-order valence-electron chi connectivity index (χ0n) is 20.6. The molecule has 0 bridgehead atoms. The number of aromatic amines is 1. The van der Waals surface area contributed by atoms with E-state index in [2.05, 4.69) is 4.98 Å². The maximum Gasteiger partial charge on any atom is 0.260 e. The lowest BCUT2D eigenvalue weighted by molar-refractivity contribution is 0.236. The van der Waals surface area contributed by atoms with E-state index < -0.39 is 0 Å². The highest BCUT2D eigenvalue weighted by Gasteiger charge is 2.20. The third kappa shape index (κ3) is 5.18. The fourth-order valence-electron chi connectivity index (χ4n) is 4.45. The van der Waals surface area contributed by atoms with Gasteiger partial charge in [0.15, 0.2) is 11.5 Å². The number of nitrogens with zero attached hydrogens (tertiary/aromatic N) is 1. The largest absolute Gasteiger partial charge is 0.497 e. The van der Waals surface area contributed by atoms with Crippen LogP contribution < -0.4 is 24.5 Å². The molecule has 1 aliphatic carbocycles. The van der Waals surface area contributed by atoms with Crippen molar-refractivity contribution >= 4 is 21.6 Å². The Hall–Kier alpha value is -3.52. The minimum Gasteiger partial charge on any atom is -0.497 e. The highest BCUT2D eigenvalue weighted by Crippen LogP contribution is 2.36. The lowest BCUT2D eigenvalue weighted by atomic mass is 9.97. The SMILES string of the molecule is CCOc1cc(-c2nc3sc4c(c3c(=O)[nH]2)CCCC4)ccc1OCCCOc1ccc(OC)cc1. The van der Waals surface area contributed by atoms with Crippen LogP contribution in [0.3, 0.4) is 0 Å². The van der Waals surface area contributed by atoms with Crippen molar-refractivity contribution in [2.45, 2.75) is 39.0 Å². The maximum atomic E-state index is 13.0. The van der Waals surface area contributed by atoms with Gasteiger partial charge in [-0.2, -0.15) is 0 Å². The molecule has 1 aliphatic rings. The molecule has 2 aromatic heterocycles. The number of benzene rings is 2. The van der Waals surface area contributed by atoms with Crippen molar-refractivity contribution in [1.82, 2.24) is 9.97 Å². The Balaban J connectivity index is 1.27. The lowest BCUT2D eigenvalue weighted by Gasteiger charge is -2.14. The van der Waals surface area contributed by atoms with Crippen LogP contribution in [0.5, 0.6) is 23.0 Å². The monoisotopic (exact) mass is 506 g/mol. The van der Waals surface area contributed by atoms with E-state index in [1.807, 2.05) is 49.4 Å². The highest BCUT2D eigenvalue weighted by molar-refractivity contribution is 7.18. The molecule has 8 heteroatoms. The van der Waals surface area contributed by atoms with Gasteiger partial charge in [-0.3, -0.25) is 4.79 Å². The fraction of sp³-hybridized carbons (Fsp3) is 0.357. The first-order chi connectivity index (χ1) is 17.7. The minimum atomic E-state index is -0.0652. The van der Waals surface area contributed by atoms with Crippen molar-refractivity contribution in [2.24, 2.45) is 0 Å². The van der Waals surface area contributed by atoms with Crippen molar-refractivity contribution in [3.05, 3.63) is 63.3 Å². The summed E-state index contributed by atoms with van der Waals surface area (Å²) in [5.41, 5.74) is 1.92. The van der Waals surface area contributed by atoms with Crippen LogP contribution in [0.2, 0.25) is 0 Å². The molecule has 0 saturated carbocycles. The van der Waals surface area contributed by atoms with E-state index in [0.717, 1.165) is 46.5 Å². The lowest BCUT2D eigenvalue weighted by Crippen LogP contribution is -2.11. The van der Waals surface area contributed by atoms with E-state index in [0.29, 0.717) is 43.6 Å². The molecule has 0 saturated heterocycles. The van der Waals surface area contributed by atoms with Gasteiger partial charge in [-0.25, -0.2) is 4.98 Å². The Morgan fingerprint density at radius 3 is 2.53 bits per heavy atom. The molecule has 0 aliphatic heterocycles. The van der Waals surface area contributed by atoms with Crippen molar-refractivity contribution in [3.8, 4) is 34.4 Å². The van der Waals surface area contributed by atoms with Crippen LogP contribution in [-0.4, -0.2) is 36.9 Å². The van der Waals surface area contributed by atoms with Gasteiger partial charge >= 0.3 is 0 Å². The molecule has 0 unspecified atom stereocenters. The number of fused-ring (bicyclic) bond motifs is 3. The Bertz CT molecular complexity index is 1390. The van der Waals surface area contributed by atoms with E-state index in [1.165, 1.54) is 16.9 Å². The molecule has 0 atom stereocenters. The van der Waals surface area contributed by atoms with Crippen LogP contribution in [0.15, 0.2) is 47.3 Å². The third-order valence-electron chi connectivity index (χ3n) is 6.22. The summed E-state index contributed by atoms with van der Waals surface area (Å²) >= 11 is 1.65. The van der Waals surface area contributed by atoms with Crippen molar-refractivity contribution in [1.29, 1.82) is 0 Å². The smallest absolute Gasteiger partial charge is 0.260 e. The van der Waals surface area contributed by atoms with Crippen LogP contribution in [0.4, 0.5) is 0 Å². The van der Waals surface area contributed by atoms with E-state index in [4.69, 9.17) is 23.9 Å². The summed E-state index contributed by atoms with van der Waals surface area (Å²) in [4.78, 5) is 22.9. The maximum absolute atomic E-state index is 13.0. The second kappa shape index (κ2) is 11.0. The van der Waals surface area contributed by atoms with Crippen molar-refractivity contribution < 1.29 is 18.9 Å². The summed E-state index contributed by atoms with van der Waals surface area (Å²) in [6.07, 6.45) is 5.03. The van der Waals surface area contributed by atoms with Gasteiger partial charge in [0.25, 0.3) is 5.56 Å². The summed E-state index contributed by atoms with van der Waals surface area (Å²) in [6, 6.07) is 13.2. The first-order valence-electron chi connectivity index (χ1n) is 12.4. The number of hydrogen-bond acceptors (Lipinski definition) is 7. The van der Waals surface area contributed by atoms with Gasteiger partial charge in [-0.1, -0.05) is 0 Å². The van der Waals surface area contributed by atoms with E-state index in [1.54, 1.807) is 18.4 Å². The predicted octanol–water partition coefficient (Wildman–Crippen LogP) is 5.79. The number of hydrogen-bond donors (Lipinski definition) is 1. The number of nitrogens with one attached hydrogen (secondary N) is 1. The quantitative estimate of drug-likeness (QED) is 0.274. The summed E-state index contributed by atoms with van der Waals surface area (Å²) in [7, 11) is 1.64. The average Bonchev–Trinajstić information content (AvgIpc) is 3.29. The molecule has 0 spiro atoms. The number of rotatable bonds is 10. The van der Waals surface area contributed by atoms with Gasteiger partial charge in [0.2, 0.25) is 0 Å². The van der Waals surface area contributed by atoms with Crippen LogP contribution >= 0.6 is 11.3 Å². The zero-order valence-corrected chi connectivity index (χ0v) is 21.4. The van der Waals surface area contributed by atoms with Crippen molar-refractivity contribution in [3.63, 3.8) is 0 Å². The Morgan fingerprint density at radius 2 is 1.72 bits per heavy atom. The third-order valence-corrected chi connectivity index (χ3v) is 7.40. The highest BCUT2D eigenvalue weighted by atomic mass is 32.1. The van der Waals surface area contributed by atoms with Crippen LogP contribution in [0.25, 0.3) is 21.6 Å². The first-order valence-corrected chi connectivity index (χ1v) is 13.2. The molecule has 4 aromatic rings. The molecule has 1 N–H and O–H groups in total. The molecule has 0 amide bonds. The summed E-state index contributed by atoms with van der Waals surface area (Å²) < 4.78 is 22.8. The van der Waals surface area contributed by atoms with E-state index in [9.17, 15) is 4.79 Å².